The molecule has 16 heteroatoms. The van der Waals surface area contributed by atoms with Gasteiger partial charge in [0.25, 0.3) is 26.0 Å². The van der Waals surface area contributed by atoms with E-state index in [1.54, 1.807) is 0 Å². The molecule has 0 bridgehead atoms. The van der Waals surface area contributed by atoms with Crippen molar-refractivity contribution in [2.45, 2.75) is 18.6 Å². The van der Waals surface area contributed by atoms with Crippen LogP contribution in [0.3, 0.4) is 0 Å². The highest BCUT2D eigenvalue weighted by atomic mass is 32.2. The Labute approximate surface area is 396 Å². The van der Waals surface area contributed by atoms with E-state index in [9.17, 15) is 21.4 Å². The second-order valence-electron chi connectivity index (χ2n) is 15.7. The quantitative estimate of drug-likeness (QED) is 0.0461. The minimum atomic E-state index is -4.12. The summed E-state index contributed by atoms with van der Waals surface area (Å²) in [6.07, 6.45) is 0.253. The van der Waals surface area contributed by atoms with Crippen molar-refractivity contribution in [1.82, 2.24) is 9.55 Å². The molecule has 2 N–H and O–H groups in total. The molecule has 0 atom stereocenters. The van der Waals surface area contributed by atoms with Crippen LogP contribution < -0.4 is 9.47 Å². The molecule has 6 aromatic carbocycles. The average Bonchev–Trinajstić information content (AvgIpc) is 3.96. The van der Waals surface area contributed by atoms with Crippen LogP contribution in [0.1, 0.15) is 29.5 Å². The maximum Gasteiger partial charge on any atom is 0.265 e. The Kier molecular flexibility index (Phi) is 15.3. The first kappa shape index (κ1) is 47.7. The van der Waals surface area contributed by atoms with E-state index in [2.05, 4.69) is 4.57 Å². The molecular weight excluding hydrogens is 905 g/mol. The topological polar surface area (TPSA) is 188 Å². The van der Waals surface area contributed by atoms with E-state index in [1.165, 1.54) is 0 Å². The maximum absolute atomic E-state index is 11.3. The van der Waals surface area contributed by atoms with Crippen LogP contribution in [0.2, 0.25) is 0 Å². The van der Waals surface area contributed by atoms with Crippen LogP contribution in [-0.4, -0.2) is 98.1 Å². The molecule has 1 aliphatic heterocycles. The summed E-state index contributed by atoms with van der Waals surface area (Å²) in [6, 6.07) is 54.8. The third-order valence-electron chi connectivity index (χ3n) is 10.9. The van der Waals surface area contributed by atoms with Gasteiger partial charge in [-0.15, -0.1) is 0 Å². The van der Waals surface area contributed by atoms with Crippen molar-refractivity contribution in [2.24, 2.45) is 9.98 Å². The van der Waals surface area contributed by atoms with Gasteiger partial charge in [-0.3, -0.25) is 13.7 Å². The van der Waals surface area contributed by atoms with Gasteiger partial charge in [0.05, 0.1) is 58.7 Å². The summed E-state index contributed by atoms with van der Waals surface area (Å²) in [5.41, 5.74) is 7.15. The first-order valence-corrected chi connectivity index (χ1v) is 25.3. The second kappa shape index (κ2) is 21.9. The number of imidazole rings is 1. The Morgan fingerprint density at radius 2 is 0.897 bits per heavy atom. The lowest BCUT2D eigenvalue weighted by Crippen LogP contribution is -2.32. The number of benzene rings is 6. The van der Waals surface area contributed by atoms with Gasteiger partial charge in [0.15, 0.2) is 0 Å². The molecule has 0 saturated carbocycles. The molecule has 0 aliphatic carbocycles. The summed E-state index contributed by atoms with van der Waals surface area (Å²) in [6.45, 7) is 0.703. The monoisotopic (exact) mass is 954 g/mol. The number of hydrogen-bond acceptors (Lipinski definition) is 11. The molecule has 0 fully saturated rings. The van der Waals surface area contributed by atoms with E-state index in [-0.39, 0.29) is 52.5 Å². The molecule has 0 radical (unpaired) electrons. The number of nitrogens with zero attached hydrogens (tertiary/aromatic N) is 4. The van der Waals surface area contributed by atoms with Crippen LogP contribution in [0, 0.1) is 0 Å². The van der Waals surface area contributed by atoms with Crippen molar-refractivity contribution < 1.29 is 44.9 Å². The van der Waals surface area contributed by atoms with Gasteiger partial charge in [0.2, 0.25) is 0 Å². The fourth-order valence-corrected chi connectivity index (χ4v) is 8.87. The van der Waals surface area contributed by atoms with E-state index < -0.39 is 37.5 Å². The summed E-state index contributed by atoms with van der Waals surface area (Å²) in [7, 11) is -8.22. The maximum atomic E-state index is 11.3. The zero-order chi connectivity index (χ0) is 47.4. The molecule has 2 heterocycles. The van der Waals surface area contributed by atoms with Crippen LogP contribution in [-0.2, 0) is 35.5 Å². The molecule has 0 unspecified atom stereocenters. The Bertz CT molecular complexity index is 3020. The van der Waals surface area contributed by atoms with Crippen LogP contribution in [0.15, 0.2) is 180 Å². The summed E-state index contributed by atoms with van der Waals surface area (Å²) < 4.78 is 90.0. The minimum absolute atomic E-state index is 0.0929. The van der Waals surface area contributed by atoms with Gasteiger partial charge < -0.3 is 18.9 Å². The van der Waals surface area contributed by atoms with Gasteiger partial charge in [-0.1, -0.05) is 146 Å². The fourth-order valence-electron chi connectivity index (χ4n) is 7.90. The predicted molar refractivity (Wildman–Crippen MR) is 263 cm³/mol. The van der Waals surface area contributed by atoms with E-state index in [4.69, 9.17) is 38.5 Å². The van der Waals surface area contributed by atoms with E-state index in [0.29, 0.717) is 51.3 Å². The molecule has 0 spiro atoms. The van der Waals surface area contributed by atoms with E-state index >= 15 is 0 Å². The average molecular weight is 955 g/mol. The van der Waals surface area contributed by atoms with Gasteiger partial charge in [-0.05, 0) is 37.1 Å². The normalized spacial score (nSPS) is 13.5. The van der Waals surface area contributed by atoms with E-state index in [0.717, 1.165) is 22.3 Å². The van der Waals surface area contributed by atoms with Crippen molar-refractivity contribution in [3.05, 3.63) is 187 Å². The molecule has 8 rings (SSSR count). The number of ether oxygens (including phenoxy) is 4. The molecule has 14 nitrogen and oxygen atoms in total. The van der Waals surface area contributed by atoms with Gasteiger partial charge in [-0.2, -0.15) is 16.8 Å². The van der Waals surface area contributed by atoms with Crippen molar-refractivity contribution in [3.63, 3.8) is 0 Å². The molecule has 1 aliphatic rings. The van der Waals surface area contributed by atoms with Crippen LogP contribution in [0.25, 0.3) is 33.9 Å². The third kappa shape index (κ3) is 11.7. The van der Waals surface area contributed by atoms with Gasteiger partial charge >= 0.3 is 0 Å². The lowest BCUT2D eigenvalue weighted by Gasteiger charge is -2.31. The van der Waals surface area contributed by atoms with Crippen LogP contribution >= 0.6 is 0 Å². The molecule has 68 heavy (non-hydrogen) atoms. The van der Waals surface area contributed by atoms with Gasteiger partial charge in [0.1, 0.15) is 30.5 Å². The summed E-state index contributed by atoms with van der Waals surface area (Å²) in [4.78, 5) is 17.1. The molecule has 0 saturated heterocycles. The number of aliphatic imine (C=N–C) groups is 2. The molecule has 7 aromatic rings. The van der Waals surface area contributed by atoms with Gasteiger partial charge in [-0.25, -0.2) is 15.0 Å². The Hall–Kier alpha value is -6.79. The zero-order valence-electron chi connectivity index (χ0n) is 37.0. The van der Waals surface area contributed by atoms with Crippen molar-refractivity contribution in [2.75, 3.05) is 51.1 Å². The molecule has 0 amide bonds. The first-order chi connectivity index (χ1) is 33.0. The van der Waals surface area contributed by atoms with Crippen molar-refractivity contribution in [3.8, 4) is 45.4 Å². The first-order valence-electron chi connectivity index (χ1n) is 22.1. The SMILES string of the molecule is O=S(=O)(O)CCCOCCOc1ccccc1-c1nc(-c2ccccc2)c(-c2ccccc2)n1C1(c2ccccc2OCCOCCCS(=O)(=O)O)N=C(c2ccccc2)C(c2ccccc2)=N1. The second-order valence-corrected chi connectivity index (χ2v) is 18.8. The standard InChI is InChI=1S/C52H50N4O10S2/c57-67(58,59)37-17-31-63-33-35-65-45-29-15-13-27-43(45)51-53-49(41-23-9-3-10-24-41)50(42-25-11-4-12-26-42)56(51)52(44-28-14-16-30-46(44)66-36-34-64-32-18-38-68(60,61)62)54-47(39-19-5-1-6-20-39)48(55-52)40-21-7-2-8-22-40/h1-16,19-30H,17-18,31-38H2,(H,57,58,59)(H,60,61,62). The number of rotatable bonds is 23. The molecule has 350 valence electrons. The van der Waals surface area contributed by atoms with Crippen LogP contribution in [0.4, 0.5) is 0 Å². The smallest absolute Gasteiger partial charge is 0.265 e. The Morgan fingerprint density at radius 1 is 0.471 bits per heavy atom. The Morgan fingerprint density at radius 3 is 1.41 bits per heavy atom. The molecular formula is C52H50N4O10S2. The van der Waals surface area contributed by atoms with E-state index in [1.807, 2.05) is 170 Å². The highest BCUT2D eigenvalue weighted by molar-refractivity contribution is 7.86. The van der Waals surface area contributed by atoms with Gasteiger partial charge in [0, 0.05) is 35.5 Å². The zero-order valence-corrected chi connectivity index (χ0v) is 38.6. The lowest BCUT2D eigenvalue weighted by molar-refractivity contribution is 0.0997. The lowest BCUT2D eigenvalue weighted by atomic mass is 10.0. The number of hydrogen-bond donors (Lipinski definition) is 2. The number of para-hydroxylation sites is 2. The largest absolute Gasteiger partial charge is 0.491 e. The van der Waals surface area contributed by atoms with Crippen molar-refractivity contribution in [1.29, 1.82) is 0 Å². The summed E-state index contributed by atoms with van der Waals surface area (Å²) in [5.74, 6) is -1.06. The molecule has 1 aromatic heterocycles. The predicted octanol–water partition coefficient (Wildman–Crippen LogP) is 8.88. The summed E-state index contributed by atoms with van der Waals surface area (Å²) >= 11 is 0. The summed E-state index contributed by atoms with van der Waals surface area (Å²) in [5, 5.41) is 0. The minimum Gasteiger partial charge on any atom is -0.491 e. The third-order valence-corrected chi connectivity index (χ3v) is 12.5. The van der Waals surface area contributed by atoms with Crippen LogP contribution in [0.5, 0.6) is 11.5 Å². The highest BCUT2D eigenvalue weighted by Crippen LogP contribution is 2.49. The Balaban J connectivity index is 1.35. The van der Waals surface area contributed by atoms with Crippen molar-refractivity contribution >= 4 is 31.7 Å². The fraction of sp³-hybridized carbons (Fsp3) is 0.212. The number of aromatic nitrogens is 2. The highest BCUT2D eigenvalue weighted by Gasteiger charge is 2.47.